The SMILES string of the molecule is O=C(Cc1ccc(F)cc1)Nc1ccccc1C(=O)O. The van der Waals surface area contributed by atoms with Crippen molar-refractivity contribution >= 4 is 17.6 Å². The van der Waals surface area contributed by atoms with Crippen LogP contribution in [0.15, 0.2) is 48.5 Å². The van der Waals surface area contributed by atoms with Crippen LogP contribution in [-0.4, -0.2) is 17.0 Å². The highest BCUT2D eigenvalue weighted by Gasteiger charge is 2.11. The summed E-state index contributed by atoms with van der Waals surface area (Å²) in [5, 5.41) is 11.5. The fourth-order valence-corrected chi connectivity index (χ4v) is 1.76. The highest BCUT2D eigenvalue weighted by molar-refractivity contribution is 6.00. The Morgan fingerprint density at radius 1 is 1.05 bits per heavy atom. The molecule has 0 aliphatic heterocycles. The Balaban J connectivity index is 2.08. The summed E-state index contributed by atoms with van der Waals surface area (Å²) >= 11 is 0. The van der Waals surface area contributed by atoms with Gasteiger partial charge in [-0.15, -0.1) is 0 Å². The number of halogens is 1. The number of nitrogens with one attached hydrogen (secondary N) is 1. The van der Waals surface area contributed by atoms with Crippen LogP contribution in [0.2, 0.25) is 0 Å². The van der Waals surface area contributed by atoms with Gasteiger partial charge in [-0.3, -0.25) is 4.79 Å². The van der Waals surface area contributed by atoms with Gasteiger partial charge in [0, 0.05) is 0 Å². The molecule has 0 aromatic heterocycles. The molecule has 5 heteroatoms. The molecule has 0 saturated carbocycles. The van der Waals surface area contributed by atoms with Gasteiger partial charge >= 0.3 is 5.97 Å². The Kier molecular flexibility index (Phi) is 4.10. The van der Waals surface area contributed by atoms with Gasteiger partial charge in [0.1, 0.15) is 5.82 Å². The van der Waals surface area contributed by atoms with E-state index >= 15 is 0 Å². The highest BCUT2D eigenvalue weighted by atomic mass is 19.1. The monoisotopic (exact) mass is 273 g/mol. The third-order valence-electron chi connectivity index (χ3n) is 2.71. The number of hydrogen-bond acceptors (Lipinski definition) is 2. The average Bonchev–Trinajstić information content (AvgIpc) is 2.41. The van der Waals surface area contributed by atoms with Crippen LogP contribution in [0.1, 0.15) is 15.9 Å². The molecule has 2 aromatic rings. The molecule has 0 heterocycles. The van der Waals surface area contributed by atoms with E-state index in [0.29, 0.717) is 5.56 Å². The zero-order valence-corrected chi connectivity index (χ0v) is 10.5. The van der Waals surface area contributed by atoms with Gasteiger partial charge in [-0.05, 0) is 29.8 Å². The largest absolute Gasteiger partial charge is 0.478 e. The van der Waals surface area contributed by atoms with Gasteiger partial charge in [0.2, 0.25) is 5.91 Å². The second kappa shape index (κ2) is 5.97. The molecule has 0 spiro atoms. The number of amides is 1. The molecule has 102 valence electrons. The normalized spacial score (nSPS) is 10.1. The van der Waals surface area contributed by atoms with E-state index < -0.39 is 5.97 Å². The van der Waals surface area contributed by atoms with Crippen molar-refractivity contribution in [2.45, 2.75) is 6.42 Å². The zero-order valence-electron chi connectivity index (χ0n) is 10.5. The number of para-hydroxylation sites is 1. The van der Waals surface area contributed by atoms with Crippen molar-refractivity contribution in [1.82, 2.24) is 0 Å². The van der Waals surface area contributed by atoms with E-state index in [9.17, 15) is 14.0 Å². The molecule has 0 saturated heterocycles. The standard InChI is InChI=1S/C15H12FNO3/c16-11-7-5-10(6-8-11)9-14(18)17-13-4-2-1-3-12(13)15(19)20/h1-8H,9H2,(H,17,18)(H,19,20). The maximum atomic E-state index is 12.7. The molecular weight excluding hydrogens is 261 g/mol. The lowest BCUT2D eigenvalue weighted by Gasteiger charge is -2.08. The summed E-state index contributed by atoms with van der Waals surface area (Å²) in [7, 11) is 0. The first kappa shape index (κ1) is 13.7. The van der Waals surface area contributed by atoms with Crippen molar-refractivity contribution < 1.29 is 19.1 Å². The third kappa shape index (κ3) is 3.41. The van der Waals surface area contributed by atoms with E-state index in [1.165, 1.54) is 36.4 Å². The molecule has 0 atom stereocenters. The predicted molar refractivity (Wildman–Crippen MR) is 72.1 cm³/mol. The molecule has 0 radical (unpaired) electrons. The van der Waals surface area contributed by atoms with E-state index in [-0.39, 0.29) is 29.4 Å². The minimum atomic E-state index is -1.11. The van der Waals surface area contributed by atoms with Crippen molar-refractivity contribution in [3.05, 3.63) is 65.5 Å². The summed E-state index contributed by atoms with van der Waals surface area (Å²) in [6.07, 6.45) is 0.0498. The number of benzene rings is 2. The number of carbonyl (C=O) groups is 2. The summed E-state index contributed by atoms with van der Waals surface area (Å²) in [4.78, 5) is 22.8. The van der Waals surface area contributed by atoms with Crippen LogP contribution in [0.4, 0.5) is 10.1 Å². The lowest BCUT2D eigenvalue weighted by Crippen LogP contribution is -2.16. The number of rotatable bonds is 4. The quantitative estimate of drug-likeness (QED) is 0.900. The number of carboxylic acid groups (broad SMARTS) is 1. The first-order valence-electron chi connectivity index (χ1n) is 5.93. The number of carbonyl (C=O) groups excluding carboxylic acids is 1. The highest BCUT2D eigenvalue weighted by Crippen LogP contribution is 2.15. The van der Waals surface area contributed by atoms with Crippen molar-refractivity contribution in [3.63, 3.8) is 0 Å². The fourth-order valence-electron chi connectivity index (χ4n) is 1.76. The number of carboxylic acids is 1. The number of aromatic carboxylic acids is 1. The van der Waals surface area contributed by atoms with E-state index in [1.54, 1.807) is 12.1 Å². The van der Waals surface area contributed by atoms with Crippen molar-refractivity contribution in [3.8, 4) is 0 Å². The lowest BCUT2D eigenvalue weighted by atomic mass is 10.1. The molecule has 20 heavy (non-hydrogen) atoms. The summed E-state index contributed by atoms with van der Waals surface area (Å²) in [5.74, 6) is -1.83. The van der Waals surface area contributed by atoms with Gasteiger partial charge in [-0.1, -0.05) is 24.3 Å². The van der Waals surface area contributed by atoms with E-state index in [1.807, 2.05) is 0 Å². The predicted octanol–water partition coefficient (Wildman–Crippen LogP) is 2.71. The maximum absolute atomic E-state index is 12.7. The Morgan fingerprint density at radius 2 is 1.70 bits per heavy atom. The van der Waals surface area contributed by atoms with Gasteiger partial charge in [0.25, 0.3) is 0 Å². The number of hydrogen-bond donors (Lipinski definition) is 2. The van der Waals surface area contributed by atoms with Crippen LogP contribution in [-0.2, 0) is 11.2 Å². The van der Waals surface area contributed by atoms with Gasteiger partial charge in [0.05, 0.1) is 17.7 Å². The topological polar surface area (TPSA) is 66.4 Å². The number of anilines is 1. The summed E-state index contributed by atoms with van der Waals surface area (Å²) < 4.78 is 12.7. The van der Waals surface area contributed by atoms with Gasteiger partial charge < -0.3 is 10.4 Å². The minimum absolute atomic E-state index is 0.0277. The third-order valence-corrected chi connectivity index (χ3v) is 2.71. The first-order chi connectivity index (χ1) is 9.56. The van der Waals surface area contributed by atoms with E-state index in [2.05, 4.69) is 5.32 Å². The second-order valence-electron chi connectivity index (χ2n) is 4.20. The molecule has 4 nitrogen and oxygen atoms in total. The summed E-state index contributed by atoms with van der Waals surface area (Å²) in [6, 6.07) is 11.7. The van der Waals surface area contributed by atoms with Gasteiger partial charge in [-0.2, -0.15) is 0 Å². The molecule has 2 aromatic carbocycles. The van der Waals surface area contributed by atoms with Gasteiger partial charge in [0.15, 0.2) is 0 Å². The molecule has 0 aliphatic rings. The Labute approximate surface area is 114 Å². The molecule has 0 unspecified atom stereocenters. The van der Waals surface area contributed by atoms with Crippen LogP contribution in [0, 0.1) is 5.82 Å². The zero-order chi connectivity index (χ0) is 14.5. The lowest BCUT2D eigenvalue weighted by molar-refractivity contribution is -0.115. The van der Waals surface area contributed by atoms with Crippen LogP contribution >= 0.6 is 0 Å². The molecule has 2 N–H and O–H groups in total. The minimum Gasteiger partial charge on any atom is -0.478 e. The molecular formula is C15H12FNO3. The average molecular weight is 273 g/mol. The summed E-state index contributed by atoms with van der Waals surface area (Å²) in [6.45, 7) is 0. The fraction of sp³-hybridized carbons (Fsp3) is 0.0667. The first-order valence-corrected chi connectivity index (χ1v) is 5.93. The van der Waals surface area contributed by atoms with Crippen LogP contribution in [0.25, 0.3) is 0 Å². The van der Waals surface area contributed by atoms with Crippen molar-refractivity contribution in [1.29, 1.82) is 0 Å². The molecule has 0 fully saturated rings. The Hall–Kier alpha value is -2.69. The van der Waals surface area contributed by atoms with Crippen LogP contribution in [0.3, 0.4) is 0 Å². The van der Waals surface area contributed by atoms with Crippen LogP contribution < -0.4 is 5.32 Å². The maximum Gasteiger partial charge on any atom is 0.337 e. The van der Waals surface area contributed by atoms with E-state index in [0.717, 1.165) is 0 Å². The molecule has 1 amide bonds. The van der Waals surface area contributed by atoms with Crippen molar-refractivity contribution in [2.75, 3.05) is 5.32 Å². The van der Waals surface area contributed by atoms with E-state index in [4.69, 9.17) is 5.11 Å². The Morgan fingerprint density at radius 3 is 2.35 bits per heavy atom. The smallest absolute Gasteiger partial charge is 0.337 e. The van der Waals surface area contributed by atoms with Gasteiger partial charge in [-0.25, -0.2) is 9.18 Å². The second-order valence-corrected chi connectivity index (χ2v) is 4.20. The molecule has 0 bridgehead atoms. The molecule has 2 rings (SSSR count). The van der Waals surface area contributed by atoms with Crippen molar-refractivity contribution in [2.24, 2.45) is 0 Å². The van der Waals surface area contributed by atoms with Crippen LogP contribution in [0.5, 0.6) is 0 Å². The Bertz CT molecular complexity index is 638. The molecule has 0 aliphatic carbocycles. The summed E-state index contributed by atoms with van der Waals surface area (Å²) in [5.41, 5.74) is 0.920.